The van der Waals surface area contributed by atoms with Crippen LogP contribution in [0.15, 0.2) is 24.4 Å². The highest BCUT2D eigenvalue weighted by atomic mass is 16.5. The van der Waals surface area contributed by atoms with E-state index in [4.69, 9.17) is 4.74 Å². The molecule has 0 spiro atoms. The van der Waals surface area contributed by atoms with Crippen molar-refractivity contribution in [2.24, 2.45) is 0 Å². The Morgan fingerprint density at radius 2 is 2.29 bits per heavy atom. The van der Waals surface area contributed by atoms with Crippen LogP contribution < -0.4 is 5.32 Å². The van der Waals surface area contributed by atoms with E-state index in [0.29, 0.717) is 6.04 Å². The van der Waals surface area contributed by atoms with Gasteiger partial charge in [-0.15, -0.1) is 0 Å². The number of nitrogens with zero attached hydrogens (tertiary/aromatic N) is 1. The number of rotatable bonds is 2. The second-order valence-corrected chi connectivity index (χ2v) is 3.60. The molecule has 1 atom stereocenters. The van der Waals surface area contributed by atoms with Crippen LogP contribution in [-0.2, 0) is 4.74 Å². The highest BCUT2D eigenvalue weighted by Gasteiger charge is 2.11. The number of pyridine rings is 1. The zero-order chi connectivity index (χ0) is 9.64. The van der Waals surface area contributed by atoms with E-state index in [1.807, 2.05) is 24.4 Å². The first-order chi connectivity index (χ1) is 6.95. The monoisotopic (exact) mass is 192 g/mol. The lowest BCUT2D eigenvalue weighted by Crippen LogP contribution is -2.20. The predicted octanol–water partition coefficient (Wildman–Crippen LogP) is 2.06. The maximum Gasteiger partial charge on any atom is 0.126 e. The fraction of sp³-hybridized carbons (Fsp3) is 0.545. The first-order valence-electron chi connectivity index (χ1n) is 5.20. The second kappa shape index (κ2) is 4.96. The van der Waals surface area contributed by atoms with Gasteiger partial charge in [0.05, 0.1) is 0 Å². The highest BCUT2D eigenvalue weighted by molar-refractivity contribution is 5.34. The van der Waals surface area contributed by atoms with Gasteiger partial charge in [0.15, 0.2) is 0 Å². The predicted molar refractivity (Wildman–Crippen MR) is 56.3 cm³/mol. The molecule has 0 radical (unpaired) electrons. The average Bonchev–Trinajstić information content (AvgIpc) is 2.48. The third kappa shape index (κ3) is 2.70. The van der Waals surface area contributed by atoms with E-state index in [1.165, 1.54) is 6.42 Å². The summed E-state index contributed by atoms with van der Waals surface area (Å²) in [7, 11) is 0. The van der Waals surface area contributed by atoms with Gasteiger partial charge in [-0.25, -0.2) is 4.98 Å². The molecule has 76 valence electrons. The normalized spacial score (nSPS) is 22.7. The van der Waals surface area contributed by atoms with Crippen LogP contribution >= 0.6 is 0 Å². The molecule has 1 aromatic heterocycles. The molecule has 0 aliphatic carbocycles. The number of anilines is 1. The summed E-state index contributed by atoms with van der Waals surface area (Å²) in [5.41, 5.74) is 0. The average molecular weight is 192 g/mol. The molecule has 1 aliphatic rings. The maximum absolute atomic E-state index is 5.40. The Balaban J connectivity index is 1.90. The van der Waals surface area contributed by atoms with Crippen molar-refractivity contribution in [1.82, 2.24) is 4.98 Å². The van der Waals surface area contributed by atoms with Gasteiger partial charge in [0.1, 0.15) is 5.82 Å². The summed E-state index contributed by atoms with van der Waals surface area (Å²) in [4.78, 5) is 4.25. The lowest BCUT2D eigenvalue weighted by Gasteiger charge is -2.15. The van der Waals surface area contributed by atoms with E-state index in [0.717, 1.165) is 31.9 Å². The third-order valence-electron chi connectivity index (χ3n) is 2.47. The van der Waals surface area contributed by atoms with Crippen LogP contribution in [0, 0.1) is 0 Å². The summed E-state index contributed by atoms with van der Waals surface area (Å²) in [6, 6.07) is 6.46. The number of nitrogens with one attached hydrogen (secondary N) is 1. The highest BCUT2D eigenvalue weighted by Crippen LogP contribution is 2.13. The maximum atomic E-state index is 5.40. The Labute approximate surface area is 84.5 Å². The molecule has 2 heterocycles. The summed E-state index contributed by atoms with van der Waals surface area (Å²) >= 11 is 0. The summed E-state index contributed by atoms with van der Waals surface area (Å²) in [5, 5.41) is 3.43. The smallest absolute Gasteiger partial charge is 0.126 e. The molecule has 2 rings (SSSR count). The van der Waals surface area contributed by atoms with Crippen LogP contribution in [0.2, 0.25) is 0 Å². The summed E-state index contributed by atoms with van der Waals surface area (Å²) in [6.45, 7) is 1.77. The van der Waals surface area contributed by atoms with Crippen molar-refractivity contribution in [3.05, 3.63) is 24.4 Å². The number of hydrogen-bond donors (Lipinski definition) is 1. The molecule has 0 saturated carbocycles. The van der Waals surface area contributed by atoms with Gasteiger partial charge in [-0.3, -0.25) is 0 Å². The van der Waals surface area contributed by atoms with Gasteiger partial charge in [0, 0.05) is 25.5 Å². The SMILES string of the molecule is c1ccc(NC2CCCOCC2)nc1. The Morgan fingerprint density at radius 3 is 3.14 bits per heavy atom. The van der Waals surface area contributed by atoms with Gasteiger partial charge in [0.2, 0.25) is 0 Å². The molecule has 3 nitrogen and oxygen atoms in total. The van der Waals surface area contributed by atoms with Crippen molar-refractivity contribution >= 4 is 5.82 Å². The Hall–Kier alpha value is -1.09. The summed E-state index contributed by atoms with van der Waals surface area (Å²) < 4.78 is 5.40. The minimum atomic E-state index is 0.521. The third-order valence-corrected chi connectivity index (χ3v) is 2.47. The number of ether oxygens (including phenoxy) is 1. The molecule has 3 heteroatoms. The van der Waals surface area contributed by atoms with E-state index in [1.54, 1.807) is 0 Å². The number of aromatic nitrogens is 1. The fourth-order valence-electron chi connectivity index (χ4n) is 1.71. The van der Waals surface area contributed by atoms with Crippen LogP contribution in [-0.4, -0.2) is 24.2 Å². The van der Waals surface area contributed by atoms with Crippen LogP contribution in [0.5, 0.6) is 0 Å². The van der Waals surface area contributed by atoms with Crippen molar-refractivity contribution < 1.29 is 4.74 Å². The Morgan fingerprint density at radius 1 is 1.29 bits per heavy atom. The van der Waals surface area contributed by atoms with Crippen molar-refractivity contribution in [2.45, 2.75) is 25.3 Å². The van der Waals surface area contributed by atoms with Crippen LogP contribution in [0.25, 0.3) is 0 Å². The molecule has 1 unspecified atom stereocenters. The van der Waals surface area contributed by atoms with Crippen molar-refractivity contribution in [1.29, 1.82) is 0 Å². The molecule has 1 aliphatic heterocycles. The lowest BCUT2D eigenvalue weighted by molar-refractivity contribution is 0.144. The first-order valence-corrected chi connectivity index (χ1v) is 5.20. The Bertz CT molecular complexity index is 255. The van der Waals surface area contributed by atoms with Gasteiger partial charge >= 0.3 is 0 Å². The number of hydrogen-bond acceptors (Lipinski definition) is 3. The van der Waals surface area contributed by atoms with Crippen LogP contribution in [0.4, 0.5) is 5.82 Å². The molecule has 0 bridgehead atoms. The van der Waals surface area contributed by atoms with E-state index in [2.05, 4.69) is 10.3 Å². The van der Waals surface area contributed by atoms with Gasteiger partial charge in [-0.2, -0.15) is 0 Å². The minimum Gasteiger partial charge on any atom is -0.381 e. The molecule has 1 N–H and O–H groups in total. The summed E-state index contributed by atoms with van der Waals surface area (Å²) in [6.07, 6.45) is 5.22. The van der Waals surface area contributed by atoms with Crippen molar-refractivity contribution in [3.63, 3.8) is 0 Å². The Kier molecular flexibility index (Phi) is 3.35. The molecular weight excluding hydrogens is 176 g/mol. The quantitative estimate of drug-likeness (QED) is 0.778. The van der Waals surface area contributed by atoms with Crippen LogP contribution in [0.1, 0.15) is 19.3 Å². The molecule has 1 saturated heterocycles. The van der Waals surface area contributed by atoms with E-state index in [-0.39, 0.29) is 0 Å². The molecule has 1 aromatic rings. The molecule has 14 heavy (non-hydrogen) atoms. The lowest BCUT2D eigenvalue weighted by atomic mass is 10.1. The zero-order valence-electron chi connectivity index (χ0n) is 8.28. The van der Waals surface area contributed by atoms with E-state index >= 15 is 0 Å². The minimum absolute atomic E-state index is 0.521. The largest absolute Gasteiger partial charge is 0.381 e. The molecule has 0 amide bonds. The topological polar surface area (TPSA) is 34.1 Å². The molecule has 1 fully saturated rings. The van der Waals surface area contributed by atoms with Gasteiger partial charge in [0.25, 0.3) is 0 Å². The first kappa shape index (κ1) is 9.46. The van der Waals surface area contributed by atoms with E-state index < -0.39 is 0 Å². The standard InChI is InChI=1S/C11H16N2O/c1-2-7-12-11(5-1)13-10-4-3-8-14-9-6-10/h1-2,5,7,10H,3-4,6,8-9H2,(H,12,13). The fourth-order valence-corrected chi connectivity index (χ4v) is 1.71. The van der Waals surface area contributed by atoms with Crippen molar-refractivity contribution in [3.8, 4) is 0 Å². The van der Waals surface area contributed by atoms with Gasteiger partial charge in [-0.05, 0) is 31.4 Å². The van der Waals surface area contributed by atoms with Gasteiger partial charge in [-0.1, -0.05) is 6.07 Å². The summed E-state index contributed by atoms with van der Waals surface area (Å²) in [5.74, 6) is 0.972. The zero-order valence-corrected chi connectivity index (χ0v) is 8.28. The molecular formula is C11H16N2O. The van der Waals surface area contributed by atoms with E-state index in [9.17, 15) is 0 Å². The van der Waals surface area contributed by atoms with Crippen molar-refractivity contribution in [2.75, 3.05) is 18.5 Å². The van der Waals surface area contributed by atoms with Crippen LogP contribution in [0.3, 0.4) is 0 Å². The second-order valence-electron chi connectivity index (χ2n) is 3.60. The molecule has 0 aromatic carbocycles. The van der Waals surface area contributed by atoms with Gasteiger partial charge < -0.3 is 10.1 Å².